The summed E-state index contributed by atoms with van der Waals surface area (Å²) in [7, 11) is 3.07. The fourth-order valence-electron chi connectivity index (χ4n) is 5.48. The number of allylic oxidation sites excluding steroid dienone is 1. The lowest BCUT2D eigenvalue weighted by Crippen LogP contribution is -2.38. The maximum absolute atomic E-state index is 14.0. The molecule has 13 heteroatoms. The van der Waals surface area contributed by atoms with Gasteiger partial charge in [-0.05, 0) is 53.3 Å². The average Bonchev–Trinajstić information content (AvgIpc) is 3.30. The standard InChI is InChI=1S/C29H22N4O8S/c1-40-22-10-8-17(14-23(22)41-2)26-19-9-7-16-5-3-4-6-18(16)25(19)30-29-31(26)28(35)24(42-29)13-15-11-20(32(36)37)27(34)21(12-15)33(38)39/h3-6,8,10-14,26,34H,7,9H2,1-2H3/b24-13-/t26-/m1/s1. The Balaban J connectivity index is 1.62. The van der Waals surface area contributed by atoms with Gasteiger partial charge in [-0.2, -0.15) is 0 Å². The molecule has 4 aromatic rings. The Kier molecular flexibility index (Phi) is 6.58. The van der Waals surface area contributed by atoms with Crippen LogP contribution >= 0.6 is 11.3 Å². The molecule has 1 aliphatic carbocycles. The molecule has 1 N–H and O–H groups in total. The summed E-state index contributed by atoms with van der Waals surface area (Å²) < 4.78 is 12.7. The number of rotatable bonds is 6. The maximum Gasteiger partial charge on any atom is 0.318 e. The molecule has 0 unspecified atom stereocenters. The Hall–Kier alpha value is -5.30. The van der Waals surface area contributed by atoms with Crippen molar-refractivity contribution in [3.05, 3.63) is 122 Å². The van der Waals surface area contributed by atoms with E-state index in [0.29, 0.717) is 22.7 Å². The normalized spacial score (nSPS) is 15.8. The van der Waals surface area contributed by atoms with E-state index < -0.39 is 38.6 Å². The molecule has 12 nitrogen and oxygen atoms in total. The predicted molar refractivity (Wildman–Crippen MR) is 154 cm³/mol. The van der Waals surface area contributed by atoms with Crippen molar-refractivity contribution in [2.45, 2.75) is 18.9 Å². The zero-order valence-electron chi connectivity index (χ0n) is 22.3. The van der Waals surface area contributed by atoms with Gasteiger partial charge in [-0.1, -0.05) is 41.7 Å². The highest BCUT2D eigenvalue weighted by Crippen LogP contribution is 2.43. The number of aromatic hydroxyl groups is 1. The number of fused-ring (bicyclic) bond motifs is 3. The summed E-state index contributed by atoms with van der Waals surface area (Å²) in [5.74, 6) is -0.0213. The molecule has 3 aromatic carbocycles. The Bertz CT molecular complexity index is 1990. The lowest BCUT2D eigenvalue weighted by Gasteiger charge is -2.31. The first-order valence-corrected chi connectivity index (χ1v) is 13.5. The van der Waals surface area contributed by atoms with Gasteiger partial charge >= 0.3 is 11.4 Å². The number of methoxy groups -OCH3 is 2. The first-order chi connectivity index (χ1) is 20.2. The average molecular weight is 587 g/mol. The van der Waals surface area contributed by atoms with Crippen molar-refractivity contribution < 1.29 is 24.4 Å². The number of nitro benzene ring substituents is 2. The highest BCUT2D eigenvalue weighted by molar-refractivity contribution is 7.07. The molecule has 0 spiro atoms. The monoisotopic (exact) mass is 586 g/mol. The van der Waals surface area contributed by atoms with E-state index in [4.69, 9.17) is 14.5 Å². The van der Waals surface area contributed by atoms with E-state index >= 15 is 0 Å². The zero-order chi connectivity index (χ0) is 29.7. The summed E-state index contributed by atoms with van der Waals surface area (Å²) in [5.41, 5.74) is 2.57. The maximum atomic E-state index is 14.0. The van der Waals surface area contributed by atoms with Gasteiger partial charge in [-0.25, -0.2) is 4.99 Å². The zero-order valence-corrected chi connectivity index (χ0v) is 23.1. The van der Waals surface area contributed by atoms with Crippen LogP contribution in [0.3, 0.4) is 0 Å². The van der Waals surface area contributed by atoms with E-state index in [-0.39, 0.29) is 10.1 Å². The fourth-order valence-corrected chi connectivity index (χ4v) is 6.48. The minimum absolute atomic E-state index is 0.0215. The van der Waals surface area contributed by atoms with Crippen molar-refractivity contribution in [3.8, 4) is 17.2 Å². The number of thiazole rings is 1. The van der Waals surface area contributed by atoms with Gasteiger partial charge in [0.15, 0.2) is 16.3 Å². The number of nitro groups is 2. The minimum atomic E-state index is -1.05. The number of hydrogen-bond acceptors (Lipinski definition) is 10. The number of benzene rings is 3. The second-order valence-electron chi connectivity index (χ2n) is 9.65. The molecule has 1 aromatic heterocycles. The van der Waals surface area contributed by atoms with E-state index in [1.165, 1.54) is 20.3 Å². The summed E-state index contributed by atoms with van der Waals surface area (Å²) in [6.07, 6.45) is 2.76. The van der Waals surface area contributed by atoms with Crippen molar-refractivity contribution in [1.29, 1.82) is 0 Å². The molecule has 0 saturated carbocycles. The molecule has 0 saturated heterocycles. The predicted octanol–water partition coefficient (Wildman–Crippen LogP) is 3.86. The van der Waals surface area contributed by atoms with Gasteiger partial charge in [0.1, 0.15) is 0 Å². The van der Waals surface area contributed by atoms with Crippen LogP contribution in [-0.4, -0.2) is 33.7 Å². The molecule has 212 valence electrons. The van der Waals surface area contributed by atoms with Crippen LogP contribution in [0.15, 0.2) is 70.0 Å². The summed E-state index contributed by atoms with van der Waals surface area (Å²) in [4.78, 5) is 40.4. The second-order valence-corrected chi connectivity index (χ2v) is 10.7. The molecule has 0 bridgehead atoms. The number of nitrogens with zero attached hydrogens (tertiary/aromatic N) is 4. The number of phenols is 1. The van der Waals surface area contributed by atoms with E-state index in [0.717, 1.165) is 57.9 Å². The Labute approximate surface area is 241 Å². The van der Waals surface area contributed by atoms with Crippen molar-refractivity contribution in [2.75, 3.05) is 14.2 Å². The SMILES string of the molecule is COc1ccc([C@@H]2C3=C(N=c4s/c(=C\c5cc([N+](=O)[O-])c(O)c([N+](=O)[O-])c5)c(=O)n42)c2ccccc2CC3)cc1OC. The van der Waals surface area contributed by atoms with Crippen LogP contribution in [0.1, 0.15) is 34.7 Å². The van der Waals surface area contributed by atoms with Crippen LogP contribution in [-0.2, 0) is 6.42 Å². The van der Waals surface area contributed by atoms with Crippen LogP contribution < -0.4 is 24.4 Å². The van der Waals surface area contributed by atoms with Gasteiger partial charge in [-0.3, -0.25) is 29.6 Å². The molecule has 42 heavy (non-hydrogen) atoms. The third-order valence-electron chi connectivity index (χ3n) is 7.38. The lowest BCUT2D eigenvalue weighted by atomic mass is 9.83. The number of aromatic nitrogens is 1. The van der Waals surface area contributed by atoms with Crippen molar-refractivity contribution in [1.82, 2.24) is 4.57 Å². The van der Waals surface area contributed by atoms with E-state index in [2.05, 4.69) is 6.07 Å². The second kappa shape index (κ2) is 10.3. The van der Waals surface area contributed by atoms with E-state index in [1.54, 1.807) is 10.6 Å². The third-order valence-corrected chi connectivity index (χ3v) is 8.36. The van der Waals surface area contributed by atoms with Gasteiger partial charge in [0.05, 0.1) is 40.3 Å². The topological polar surface area (TPSA) is 159 Å². The fraction of sp³-hybridized carbons (Fsp3) is 0.172. The molecule has 1 aliphatic heterocycles. The van der Waals surface area contributed by atoms with Crippen molar-refractivity contribution in [2.24, 2.45) is 4.99 Å². The van der Waals surface area contributed by atoms with Crippen molar-refractivity contribution >= 4 is 34.5 Å². The summed E-state index contributed by atoms with van der Waals surface area (Å²) in [6, 6.07) is 14.9. The number of phenolic OH excluding ortho intramolecular Hbond substituents is 1. The number of hydrogen-bond donors (Lipinski definition) is 1. The van der Waals surface area contributed by atoms with E-state index in [9.17, 15) is 30.1 Å². The van der Waals surface area contributed by atoms with Crippen LogP contribution in [0.25, 0.3) is 11.8 Å². The molecule has 0 radical (unpaired) electrons. The quantitative estimate of drug-likeness (QED) is 0.263. The van der Waals surface area contributed by atoms with Crippen LogP contribution in [0.2, 0.25) is 0 Å². The number of ether oxygens (including phenoxy) is 2. The number of aryl methyl sites for hydroxylation is 1. The van der Waals surface area contributed by atoms with Gasteiger partial charge in [-0.15, -0.1) is 0 Å². The molecule has 0 fully saturated rings. The van der Waals surface area contributed by atoms with Crippen molar-refractivity contribution in [3.63, 3.8) is 0 Å². The third kappa shape index (κ3) is 4.30. The Morgan fingerprint density at radius 3 is 2.36 bits per heavy atom. The van der Waals surface area contributed by atoms with Crippen LogP contribution in [0.5, 0.6) is 17.2 Å². The molecule has 6 rings (SSSR count). The largest absolute Gasteiger partial charge is 0.497 e. The molecule has 2 heterocycles. The van der Waals surface area contributed by atoms with Gasteiger partial charge < -0.3 is 14.6 Å². The van der Waals surface area contributed by atoms with Crippen LogP contribution in [0.4, 0.5) is 11.4 Å². The lowest BCUT2D eigenvalue weighted by molar-refractivity contribution is -0.396. The van der Waals surface area contributed by atoms with E-state index in [1.807, 2.05) is 30.3 Å². The minimum Gasteiger partial charge on any atom is -0.497 e. The summed E-state index contributed by atoms with van der Waals surface area (Å²) in [6.45, 7) is 0. The summed E-state index contributed by atoms with van der Waals surface area (Å²) in [5, 5.41) is 33.0. The molecule has 1 atom stereocenters. The first-order valence-electron chi connectivity index (χ1n) is 12.7. The smallest absolute Gasteiger partial charge is 0.318 e. The van der Waals surface area contributed by atoms with Gasteiger partial charge in [0, 0.05) is 17.7 Å². The Morgan fingerprint density at radius 1 is 1.00 bits per heavy atom. The summed E-state index contributed by atoms with van der Waals surface area (Å²) >= 11 is 1.07. The molecular weight excluding hydrogens is 564 g/mol. The Morgan fingerprint density at radius 2 is 1.69 bits per heavy atom. The van der Waals surface area contributed by atoms with Crippen LogP contribution in [0, 0.1) is 20.2 Å². The first kappa shape index (κ1) is 26.9. The van der Waals surface area contributed by atoms with Gasteiger partial charge in [0.25, 0.3) is 11.3 Å². The molecule has 2 aliphatic rings. The molecule has 0 amide bonds. The highest BCUT2D eigenvalue weighted by atomic mass is 32.1. The molecular formula is C29H22N4O8S. The van der Waals surface area contributed by atoms with Gasteiger partial charge in [0.2, 0.25) is 0 Å². The highest BCUT2D eigenvalue weighted by Gasteiger charge is 2.33.